The van der Waals surface area contributed by atoms with Gasteiger partial charge in [0, 0.05) is 30.5 Å². The van der Waals surface area contributed by atoms with Gasteiger partial charge in [-0.1, -0.05) is 11.6 Å². The maximum Gasteiger partial charge on any atom is 0.257 e. The van der Waals surface area contributed by atoms with Crippen molar-refractivity contribution in [3.8, 4) is 5.75 Å². The molecule has 0 saturated carbocycles. The molecule has 6 heteroatoms. The molecule has 0 bridgehead atoms. The molecule has 0 saturated heterocycles. The Bertz CT molecular complexity index is 706. The minimum Gasteiger partial charge on any atom is -0.493 e. The van der Waals surface area contributed by atoms with Crippen LogP contribution in [0.1, 0.15) is 28.0 Å². The summed E-state index contributed by atoms with van der Waals surface area (Å²) in [5.41, 5.74) is 7.92. The van der Waals surface area contributed by atoms with E-state index in [1.54, 1.807) is 36.3 Å². The van der Waals surface area contributed by atoms with Gasteiger partial charge in [0.05, 0.1) is 12.2 Å². The van der Waals surface area contributed by atoms with E-state index in [1.807, 2.05) is 19.1 Å². The van der Waals surface area contributed by atoms with Crippen LogP contribution in [0.4, 0.5) is 0 Å². The second-order valence-electron chi connectivity index (χ2n) is 5.60. The zero-order chi connectivity index (χ0) is 17.5. The van der Waals surface area contributed by atoms with Crippen molar-refractivity contribution < 1.29 is 9.53 Å². The number of amides is 1. The zero-order valence-corrected chi connectivity index (χ0v) is 14.7. The molecule has 0 aliphatic carbocycles. The SMILES string of the molecule is Cc1cc(CN(C)C(=O)c2ccc(Cl)cc2OCCCN)ccn1. The van der Waals surface area contributed by atoms with Gasteiger partial charge >= 0.3 is 0 Å². The van der Waals surface area contributed by atoms with Crippen molar-refractivity contribution in [3.63, 3.8) is 0 Å². The maximum atomic E-state index is 12.8. The maximum absolute atomic E-state index is 12.8. The van der Waals surface area contributed by atoms with E-state index in [0.29, 0.717) is 42.5 Å². The van der Waals surface area contributed by atoms with Crippen molar-refractivity contribution in [2.75, 3.05) is 20.2 Å². The van der Waals surface area contributed by atoms with Crippen LogP contribution in [0.15, 0.2) is 36.5 Å². The topological polar surface area (TPSA) is 68.5 Å². The molecule has 2 aromatic rings. The molecule has 0 spiro atoms. The zero-order valence-electron chi connectivity index (χ0n) is 14.0. The smallest absolute Gasteiger partial charge is 0.257 e. The molecule has 0 aliphatic rings. The van der Waals surface area contributed by atoms with Crippen LogP contribution in [-0.2, 0) is 6.54 Å². The standard InChI is InChI=1S/C18H22ClN3O2/c1-13-10-14(6-8-21-13)12-22(2)18(23)16-5-4-15(19)11-17(16)24-9-3-7-20/h4-6,8,10-11H,3,7,9,12,20H2,1-2H3. The molecule has 2 N–H and O–H groups in total. The lowest BCUT2D eigenvalue weighted by Gasteiger charge is -2.19. The minimum absolute atomic E-state index is 0.121. The average molecular weight is 348 g/mol. The molecule has 2 rings (SSSR count). The number of nitrogens with two attached hydrogens (primary N) is 1. The molecule has 24 heavy (non-hydrogen) atoms. The number of ether oxygens (including phenoxy) is 1. The summed E-state index contributed by atoms with van der Waals surface area (Å²) in [6, 6.07) is 8.91. The molecule has 1 amide bonds. The normalized spacial score (nSPS) is 10.5. The predicted molar refractivity (Wildman–Crippen MR) is 95.4 cm³/mol. The van der Waals surface area contributed by atoms with Gasteiger partial charge < -0.3 is 15.4 Å². The van der Waals surface area contributed by atoms with Gasteiger partial charge in [-0.05, 0) is 55.8 Å². The lowest BCUT2D eigenvalue weighted by molar-refractivity contribution is 0.0780. The first-order valence-electron chi connectivity index (χ1n) is 7.80. The number of carbonyl (C=O) groups excluding carboxylic acids is 1. The highest BCUT2D eigenvalue weighted by Crippen LogP contribution is 2.25. The number of benzene rings is 1. The number of pyridine rings is 1. The molecule has 1 heterocycles. The molecule has 0 atom stereocenters. The van der Waals surface area contributed by atoms with Crippen LogP contribution in [0.2, 0.25) is 5.02 Å². The quantitative estimate of drug-likeness (QED) is 0.782. The number of carbonyl (C=O) groups is 1. The second kappa shape index (κ2) is 8.66. The first-order valence-corrected chi connectivity index (χ1v) is 8.18. The van der Waals surface area contributed by atoms with E-state index in [-0.39, 0.29) is 5.91 Å². The van der Waals surface area contributed by atoms with Crippen molar-refractivity contribution in [3.05, 3.63) is 58.4 Å². The fourth-order valence-corrected chi connectivity index (χ4v) is 2.47. The summed E-state index contributed by atoms with van der Waals surface area (Å²) in [4.78, 5) is 18.6. The number of hydrogen-bond acceptors (Lipinski definition) is 4. The minimum atomic E-state index is -0.121. The largest absolute Gasteiger partial charge is 0.493 e. The molecule has 128 valence electrons. The van der Waals surface area contributed by atoms with Crippen LogP contribution in [0, 0.1) is 6.92 Å². The predicted octanol–water partition coefficient (Wildman–Crippen LogP) is 3.04. The average Bonchev–Trinajstić information content (AvgIpc) is 2.54. The third kappa shape index (κ3) is 4.94. The van der Waals surface area contributed by atoms with Crippen LogP contribution in [0.3, 0.4) is 0 Å². The molecular weight excluding hydrogens is 326 g/mol. The Kier molecular flexibility index (Phi) is 6.58. The van der Waals surface area contributed by atoms with Crippen LogP contribution in [0.25, 0.3) is 0 Å². The summed E-state index contributed by atoms with van der Waals surface area (Å²) in [6.45, 7) is 3.40. The van der Waals surface area contributed by atoms with E-state index in [2.05, 4.69) is 4.98 Å². The third-order valence-corrected chi connectivity index (χ3v) is 3.74. The van der Waals surface area contributed by atoms with Crippen molar-refractivity contribution in [2.45, 2.75) is 19.9 Å². The van der Waals surface area contributed by atoms with Gasteiger partial charge in [0.25, 0.3) is 5.91 Å². The highest BCUT2D eigenvalue weighted by atomic mass is 35.5. The van der Waals surface area contributed by atoms with E-state index >= 15 is 0 Å². The molecule has 0 aliphatic heterocycles. The van der Waals surface area contributed by atoms with Crippen molar-refractivity contribution in [2.24, 2.45) is 5.73 Å². The highest BCUT2D eigenvalue weighted by molar-refractivity contribution is 6.30. The van der Waals surface area contributed by atoms with Gasteiger partial charge in [-0.2, -0.15) is 0 Å². The Morgan fingerprint density at radius 1 is 1.33 bits per heavy atom. The summed E-state index contributed by atoms with van der Waals surface area (Å²) < 4.78 is 5.68. The summed E-state index contributed by atoms with van der Waals surface area (Å²) >= 11 is 6.02. The summed E-state index contributed by atoms with van der Waals surface area (Å²) in [7, 11) is 1.76. The molecule has 1 aromatic heterocycles. The lowest BCUT2D eigenvalue weighted by atomic mass is 10.1. The first-order chi connectivity index (χ1) is 11.5. The number of aryl methyl sites for hydroxylation is 1. The van der Waals surface area contributed by atoms with Gasteiger partial charge in [0.2, 0.25) is 0 Å². The van der Waals surface area contributed by atoms with Gasteiger partial charge in [-0.3, -0.25) is 9.78 Å². The van der Waals surface area contributed by atoms with E-state index in [1.165, 1.54) is 0 Å². The Hall–Kier alpha value is -2.11. The van der Waals surface area contributed by atoms with Gasteiger partial charge in [-0.15, -0.1) is 0 Å². The lowest BCUT2D eigenvalue weighted by Crippen LogP contribution is -2.27. The van der Waals surface area contributed by atoms with Crippen LogP contribution < -0.4 is 10.5 Å². The van der Waals surface area contributed by atoms with E-state index in [0.717, 1.165) is 11.3 Å². The number of halogens is 1. The molecule has 5 nitrogen and oxygen atoms in total. The summed E-state index contributed by atoms with van der Waals surface area (Å²) in [5, 5.41) is 0.529. The van der Waals surface area contributed by atoms with Crippen molar-refractivity contribution >= 4 is 17.5 Å². The first kappa shape index (κ1) is 18.2. The summed E-state index contributed by atoms with van der Waals surface area (Å²) in [5.74, 6) is 0.364. The van der Waals surface area contributed by atoms with Crippen LogP contribution in [0.5, 0.6) is 5.75 Å². The van der Waals surface area contributed by atoms with Crippen molar-refractivity contribution in [1.29, 1.82) is 0 Å². The Labute approximate surface area is 147 Å². The fraction of sp³-hybridized carbons (Fsp3) is 0.333. The summed E-state index contributed by atoms with van der Waals surface area (Å²) in [6.07, 6.45) is 2.46. The Morgan fingerprint density at radius 2 is 2.12 bits per heavy atom. The second-order valence-corrected chi connectivity index (χ2v) is 6.03. The van der Waals surface area contributed by atoms with E-state index < -0.39 is 0 Å². The van der Waals surface area contributed by atoms with Gasteiger partial charge in [0.1, 0.15) is 5.75 Å². The molecule has 1 aromatic carbocycles. The van der Waals surface area contributed by atoms with Gasteiger partial charge in [0.15, 0.2) is 0 Å². The number of hydrogen-bond donors (Lipinski definition) is 1. The number of nitrogens with zero attached hydrogens (tertiary/aromatic N) is 2. The molecular formula is C18H22ClN3O2. The molecule has 0 fully saturated rings. The molecule has 0 radical (unpaired) electrons. The van der Waals surface area contributed by atoms with Crippen LogP contribution in [-0.4, -0.2) is 36.0 Å². The Balaban J connectivity index is 2.15. The monoisotopic (exact) mass is 347 g/mol. The number of rotatable bonds is 7. The fourth-order valence-electron chi connectivity index (χ4n) is 2.31. The third-order valence-electron chi connectivity index (χ3n) is 3.51. The Morgan fingerprint density at radius 3 is 2.83 bits per heavy atom. The number of aromatic nitrogens is 1. The van der Waals surface area contributed by atoms with E-state index in [4.69, 9.17) is 22.1 Å². The molecule has 0 unspecified atom stereocenters. The highest BCUT2D eigenvalue weighted by Gasteiger charge is 2.17. The van der Waals surface area contributed by atoms with Crippen molar-refractivity contribution in [1.82, 2.24) is 9.88 Å². The van der Waals surface area contributed by atoms with Gasteiger partial charge in [-0.25, -0.2) is 0 Å². The van der Waals surface area contributed by atoms with E-state index in [9.17, 15) is 4.79 Å². The van der Waals surface area contributed by atoms with Crippen LogP contribution >= 0.6 is 11.6 Å².